The summed E-state index contributed by atoms with van der Waals surface area (Å²) in [6.45, 7) is 2.66. The fraction of sp³-hybridized carbons (Fsp3) is 0.273. The molecule has 6 heteroatoms. The topological polar surface area (TPSA) is 59.0 Å². The summed E-state index contributed by atoms with van der Waals surface area (Å²) >= 11 is 0. The lowest BCUT2D eigenvalue weighted by atomic mass is 9.92. The summed E-state index contributed by atoms with van der Waals surface area (Å²) in [5.41, 5.74) is 2.96. The van der Waals surface area contributed by atoms with Gasteiger partial charge in [0, 0.05) is 37.1 Å². The summed E-state index contributed by atoms with van der Waals surface area (Å²) in [7, 11) is 0. The van der Waals surface area contributed by atoms with Crippen LogP contribution in [0.25, 0.3) is 5.82 Å². The molecule has 1 aliphatic heterocycles. The highest BCUT2D eigenvalue weighted by Crippen LogP contribution is 2.25. The Balaban J connectivity index is 1.53. The van der Waals surface area contributed by atoms with Crippen molar-refractivity contribution in [2.45, 2.75) is 38.4 Å². The molecule has 5 nitrogen and oxygen atoms in total. The number of nitrogens with one attached hydrogen (secondary N) is 2. The lowest BCUT2D eigenvalue weighted by molar-refractivity contribution is -0.123. The number of hydrogen-bond acceptors (Lipinski definition) is 3. The molecule has 0 radical (unpaired) electrons. The molecule has 3 heterocycles. The van der Waals surface area contributed by atoms with E-state index >= 15 is 0 Å². The fourth-order valence-corrected chi connectivity index (χ4v) is 3.77. The second-order valence-corrected chi connectivity index (χ2v) is 7.14. The van der Waals surface area contributed by atoms with Gasteiger partial charge in [-0.2, -0.15) is 0 Å². The second kappa shape index (κ2) is 7.94. The highest BCUT2D eigenvalue weighted by Gasteiger charge is 2.30. The standard InChI is InChI=1S/C22H23FN4O/c1-15-5-3-11-24-22(15)27-12-4-8-18(27)14-25-19-9-10-20(28)26-21(19)16-6-2-7-17(23)13-16/h2-8,11-13,19,21,25H,9-10,14H2,1H3,(H,26,28)/t19-,21+/m1/s1. The van der Waals surface area contributed by atoms with E-state index in [1.54, 1.807) is 12.3 Å². The molecule has 3 aromatic rings. The average molecular weight is 378 g/mol. The normalized spacial score (nSPS) is 19.4. The van der Waals surface area contributed by atoms with Gasteiger partial charge in [-0.25, -0.2) is 9.37 Å². The van der Waals surface area contributed by atoms with Gasteiger partial charge in [-0.05, 0) is 54.8 Å². The third-order valence-electron chi connectivity index (χ3n) is 5.20. The number of halogens is 1. The van der Waals surface area contributed by atoms with Crippen molar-refractivity contribution in [3.05, 3.63) is 83.6 Å². The zero-order valence-corrected chi connectivity index (χ0v) is 15.7. The molecule has 0 unspecified atom stereocenters. The number of piperidine rings is 1. The second-order valence-electron chi connectivity index (χ2n) is 7.14. The lowest BCUT2D eigenvalue weighted by Gasteiger charge is -2.33. The Hall–Kier alpha value is -2.99. The van der Waals surface area contributed by atoms with E-state index in [0.29, 0.717) is 19.4 Å². The van der Waals surface area contributed by atoms with Gasteiger partial charge in [-0.15, -0.1) is 0 Å². The fourth-order valence-electron chi connectivity index (χ4n) is 3.77. The van der Waals surface area contributed by atoms with Crippen molar-refractivity contribution in [1.82, 2.24) is 20.2 Å². The number of carbonyl (C=O) groups excluding carboxylic acids is 1. The molecule has 0 saturated carbocycles. The maximum atomic E-state index is 13.7. The maximum absolute atomic E-state index is 13.7. The molecule has 0 aliphatic carbocycles. The van der Waals surface area contributed by atoms with Gasteiger partial charge in [0.25, 0.3) is 0 Å². The number of pyridine rings is 1. The van der Waals surface area contributed by atoms with Gasteiger partial charge in [-0.1, -0.05) is 18.2 Å². The molecule has 1 amide bonds. The van der Waals surface area contributed by atoms with Crippen LogP contribution in [0.2, 0.25) is 0 Å². The Morgan fingerprint density at radius 2 is 2.14 bits per heavy atom. The van der Waals surface area contributed by atoms with Crippen molar-refractivity contribution in [1.29, 1.82) is 0 Å². The largest absolute Gasteiger partial charge is 0.348 e. The molecule has 2 N–H and O–H groups in total. The van der Waals surface area contributed by atoms with E-state index < -0.39 is 0 Å². The van der Waals surface area contributed by atoms with Gasteiger partial charge in [0.15, 0.2) is 0 Å². The van der Waals surface area contributed by atoms with Crippen molar-refractivity contribution in [2.24, 2.45) is 0 Å². The average Bonchev–Trinajstić information content (AvgIpc) is 3.15. The van der Waals surface area contributed by atoms with Crippen LogP contribution in [0.4, 0.5) is 4.39 Å². The zero-order valence-electron chi connectivity index (χ0n) is 15.7. The van der Waals surface area contributed by atoms with Gasteiger partial charge in [0.2, 0.25) is 5.91 Å². The number of carbonyl (C=O) groups is 1. The van der Waals surface area contributed by atoms with E-state index in [1.807, 2.05) is 37.4 Å². The number of aryl methyl sites for hydroxylation is 1. The first-order valence-corrected chi connectivity index (χ1v) is 9.48. The summed E-state index contributed by atoms with van der Waals surface area (Å²) in [6.07, 6.45) is 4.95. The van der Waals surface area contributed by atoms with Crippen LogP contribution in [0, 0.1) is 12.7 Å². The third-order valence-corrected chi connectivity index (χ3v) is 5.20. The van der Waals surface area contributed by atoms with Crippen molar-refractivity contribution < 1.29 is 9.18 Å². The quantitative estimate of drug-likeness (QED) is 0.715. The zero-order chi connectivity index (χ0) is 19.5. The Morgan fingerprint density at radius 1 is 1.25 bits per heavy atom. The summed E-state index contributed by atoms with van der Waals surface area (Å²) in [5, 5.41) is 6.56. The summed E-state index contributed by atoms with van der Waals surface area (Å²) in [4.78, 5) is 16.4. The SMILES string of the molecule is Cc1cccnc1-n1cccc1CN[C@@H]1CCC(=O)N[C@H]1c1cccc(F)c1. The number of amides is 1. The Morgan fingerprint density at radius 3 is 2.96 bits per heavy atom. The van der Waals surface area contributed by atoms with E-state index in [4.69, 9.17) is 0 Å². The first-order valence-electron chi connectivity index (χ1n) is 9.48. The molecule has 0 spiro atoms. The van der Waals surface area contributed by atoms with Gasteiger partial charge in [0.05, 0.1) is 6.04 Å². The molecule has 1 aliphatic rings. The molecule has 1 fully saturated rings. The van der Waals surface area contributed by atoms with Crippen molar-refractivity contribution in [3.8, 4) is 5.82 Å². The van der Waals surface area contributed by atoms with Gasteiger partial charge >= 0.3 is 0 Å². The van der Waals surface area contributed by atoms with E-state index in [0.717, 1.165) is 22.6 Å². The molecule has 1 aromatic carbocycles. The molecule has 1 saturated heterocycles. The number of hydrogen-bond donors (Lipinski definition) is 2. The van der Waals surface area contributed by atoms with E-state index in [9.17, 15) is 9.18 Å². The monoisotopic (exact) mass is 378 g/mol. The maximum Gasteiger partial charge on any atom is 0.220 e. The van der Waals surface area contributed by atoms with E-state index in [1.165, 1.54) is 12.1 Å². The Kier molecular flexibility index (Phi) is 5.21. The van der Waals surface area contributed by atoms with Crippen LogP contribution >= 0.6 is 0 Å². The van der Waals surface area contributed by atoms with Crippen LogP contribution in [0.1, 0.15) is 35.7 Å². The summed E-state index contributed by atoms with van der Waals surface area (Å²) in [6, 6.07) is 14.2. The minimum Gasteiger partial charge on any atom is -0.348 e. The van der Waals surface area contributed by atoms with Crippen molar-refractivity contribution >= 4 is 5.91 Å². The van der Waals surface area contributed by atoms with Crippen LogP contribution in [0.5, 0.6) is 0 Å². The van der Waals surface area contributed by atoms with Gasteiger partial charge in [0.1, 0.15) is 11.6 Å². The van der Waals surface area contributed by atoms with Gasteiger partial charge < -0.3 is 15.2 Å². The van der Waals surface area contributed by atoms with Crippen LogP contribution in [-0.2, 0) is 11.3 Å². The van der Waals surface area contributed by atoms with Crippen LogP contribution in [-0.4, -0.2) is 21.5 Å². The molecular formula is C22H23FN4O. The first-order chi connectivity index (χ1) is 13.6. The van der Waals surface area contributed by atoms with Crippen LogP contribution < -0.4 is 10.6 Å². The minimum atomic E-state index is -0.296. The minimum absolute atomic E-state index is 0.000188. The summed E-state index contributed by atoms with van der Waals surface area (Å²) in [5.74, 6) is 0.610. The molecule has 4 rings (SSSR count). The Labute approximate surface area is 163 Å². The molecule has 2 atom stereocenters. The number of rotatable bonds is 5. The molecular weight excluding hydrogens is 355 g/mol. The summed E-state index contributed by atoms with van der Waals surface area (Å²) < 4.78 is 15.8. The predicted molar refractivity (Wildman–Crippen MR) is 105 cm³/mol. The van der Waals surface area contributed by atoms with E-state index in [-0.39, 0.29) is 23.8 Å². The Bertz CT molecular complexity index is 984. The highest BCUT2D eigenvalue weighted by molar-refractivity contribution is 5.77. The van der Waals surface area contributed by atoms with Crippen LogP contribution in [0.3, 0.4) is 0 Å². The van der Waals surface area contributed by atoms with E-state index in [2.05, 4.69) is 26.3 Å². The molecule has 144 valence electrons. The number of benzene rings is 1. The highest BCUT2D eigenvalue weighted by atomic mass is 19.1. The number of nitrogens with zero attached hydrogens (tertiary/aromatic N) is 2. The third kappa shape index (κ3) is 3.82. The predicted octanol–water partition coefficient (Wildman–Crippen LogP) is 3.43. The lowest BCUT2D eigenvalue weighted by Crippen LogP contribution is -2.48. The molecule has 28 heavy (non-hydrogen) atoms. The molecule has 0 bridgehead atoms. The van der Waals surface area contributed by atoms with Crippen molar-refractivity contribution in [2.75, 3.05) is 0 Å². The van der Waals surface area contributed by atoms with Crippen molar-refractivity contribution in [3.63, 3.8) is 0 Å². The first kappa shape index (κ1) is 18.4. The van der Waals surface area contributed by atoms with Crippen LogP contribution in [0.15, 0.2) is 60.9 Å². The number of aromatic nitrogens is 2. The van der Waals surface area contributed by atoms with Gasteiger partial charge in [-0.3, -0.25) is 4.79 Å². The molecule has 2 aromatic heterocycles. The smallest absolute Gasteiger partial charge is 0.220 e.